The Bertz CT molecular complexity index is 566. The molecule has 0 aliphatic rings. The van der Waals surface area contributed by atoms with Crippen molar-refractivity contribution in [2.45, 2.75) is 13.0 Å². The second kappa shape index (κ2) is 11.0. The SMILES string of the molecule is C=C(CC(=O)OCCOC)C(=O)OCC(=O)OCc1ccccc1. The van der Waals surface area contributed by atoms with Gasteiger partial charge < -0.3 is 18.9 Å². The maximum absolute atomic E-state index is 11.6. The van der Waals surface area contributed by atoms with Crippen LogP contribution < -0.4 is 0 Å². The van der Waals surface area contributed by atoms with Crippen molar-refractivity contribution in [3.05, 3.63) is 48.0 Å². The zero-order chi connectivity index (χ0) is 17.8. The van der Waals surface area contributed by atoms with Gasteiger partial charge in [0.2, 0.25) is 0 Å². The molecule has 24 heavy (non-hydrogen) atoms. The minimum absolute atomic E-state index is 0.0868. The van der Waals surface area contributed by atoms with Crippen LogP contribution in [0, 0.1) is 0 Å². The molecule has 0 N–H and O–H groups in total. The third-order valence-corrected chi connectivity index (χ3v) is 2.76. The highest BCUT2D eigenvalue weighted by atomic mass is 16.6. The number of carbonyl (C=O) groups is 3. The maximum atomic E-state index is 11.6. The molecule has 0 saturated carbocycles. The average molecular weight is 336 g/mol. The molecule has 0 saturated heterocycles. The van der Waals surface area contributed by atoms with Gasteiger partial charge in [-0.2, -0.15) is 0 Å². The third-order valence-electron chi connectivity index (χ3n) is 2.76. The van der Waals surface area contributed by atoms with Crippen molar-refractivity contribution >= 4 is 17.9 Å². The number of methoxy groups -OCH3 is 1. The quantitative estimate of drug-likeness (QED) is 0.276. The fraction of sp³-hybridized carbons (Fsp3) is 0.353. The molecule has 0 spiro atoms. The van der Waals surface area contributed by atoms with Crippen molar-refractivity contribution in [1.29, 1.82) is 0 Å². The maximum Gasteiger partial charge on any atom is 0.344 e. The molecular weight excluding hydrogens is 316 g/mol. The Morgan fingerprint density at radius 2 is 1.67 bits per heavy atom. The van der Waals surface area contributed by atoms with E-state index in [0.29, 0.717) is 0 Å². The van der Waals surface area contributed by atoms with Crippen LogP contribution in [0.25, 0.3) is 0 Å². The molecule has 0 amide bonds. The number of hydrogen-bond donors (Lipinski definition) is 0. The van der Waals surface area contributed by atoms with Gasteiger partial charge in [0.05, 0.1) is 13.0 Å². The lowest BCUT2D eigenvalue weighted by molar-refractivity contribution is -0.158. The van der Waals surface area contributed by atoms with Crippen LogP contribution >= 0.6 is 0 Å². The molecule has 7 nitrogen and oxygen atoms in total. The fourth-order valence-electron chi connectivity index (χ4n) is 1.54. The number of ether oxygens (including phenoxy) is 4. The molecule has 0 fully saturated rings. The van der Waals surface area contributed by atoms with E-state index in [1.165, 1.54) is 7.11 Å². The molecule has 1 aromatic carbocycles. The van der Waals surface area contributed by atoms with Crippen LogP contribution in [0.15, 0.2) is 42.5 Å². The smallest absolute Gasteiger partial charge is 0.344 e. The summed E-state index contributed by atoms with van der Waals surface area (Å²) >= 11 is 0. The van der Waals surface area contributed by atoms with Crippen molar-refractivity contribution in [2.75, 3.05) is 26.9 Å². The lowest BCUT2D eigenvalue weighted by Gasteiger charge is -2.08. The fourth-order valence-corrected chi connectivity index (χ4v) is 1.54. The molecule has 0 aromatic heterocycles. The molecule has 130 valence electrons. The highest BCUT2D eigenvalue weighted by molar-refractivity contribution is 5.94. The Kier molecular flexibility index (Phi) is 8.85. The first-order valence-electron chi connectivity index (χ1n) is 7.22. The Morgan fingerprint density at radius 1 is 0.958 bits per heavy atom. The summed E-state index contributed by atoms with van der Waals surface area (Å²) in [5.74, 6) is -2.17. The van der Waals surface area contributed by atoms with Gasteiger partial charge >= 0.3 is 17.9 Å². The topological polar surface area (TPSA) is 88.1 Å². The molecule has 7 heteroatoms. The molecule has 0 bridgehead atoms. The van der Waals surface area contributed by atoms with E-state index in [-0.39, 0.29) is 31.8 Å². The normalized spacial score (nSPS) is 9.88. The van der Waals surface area contributed by atoms with E-state index in [1.54, 1.807) is 12.1 Å². The summed E-state index contributed by atoms with van der Waals surface area (Å²) in [5, 5.41) is 0. The van der Waals surface area contributed by atoms with E-state index < -0.39 is 24.5 Å². The van der Waals surface area contributed by atoms with Gasteiger partial charge in [-0.05, 0) is 5.56 Å². The van der Waals surface area contributed by atoms with Crippen LogP contribution in [-0.2, 0) is 39.9 Å². The Hall–Kier alpha value is -2.67. The Balaban J connectivity index is 2.23. The lowest BCUT2D eigenvalue weighted by Crippen LogP contribution is -2.19. The minimum Gasteiger partial charge on any atom is -0.463 e. The minimum atomic E-state index is -0.852. The van der Waals surface area contributed by atoms with Gasteiger partial charge in [0.15, 0.2) is 6.61 Å². The van der Waals surface area contributed by atoms with Gasteiger partial charge in [0, 0.05) is 12.7 Å². The predicted octanol–water partition coefficient (Wildman–Crippen LogP) is 1.41. The Labute approximate surface area is 140 Å². The summed E-state index contributed by atoms with van der Waals surface area (Å²) in [6.07, 6.45) is -0.318. The molecule has 0 radical (unpaired) electrons. The summed E-state index contributed by atoms with van der Waals surface area (Å²) in [5.41, 5.74) is 0.716. The summed E-state index contributed by atoms with van der Waals surface area (Å²) in [4.78, 5) is 34.5. The van der Waals surface area contributed by atoms with Gasteiger partial charge in [0.1, 0.15) is 13.2 Å². The highest BCUT2D eigenvalue weighted by Gasteiger charge is 2.16. The van der Waals surface area contributed by atoms with Crippen LogP contribution in [0.3, 0.4) is 0 Å². The standard InChI is InChI=1S/C17H20O7/c1-13(10-15(18)22-9-8-21-2)17(20)24-12-16(19)23-11-14-6-4-3-5-7-14/h3-7H,1,8-12H2,2H3. The zero-order valence-corrected chi connectivity index (χ0v) is 13.5. The largest absolute Gasteiger partial charge is 0.463 e. The van der Waals surface area contributed by atoms with Crippen LogP contribution in [0.1, 0.15) is 12.0 Å². The van der Waals surface area contributed by atoms with Crippen molar-refractivity contribution in [1.82, 2.24) is 0 Å². The van der Waals surface area contributed by atoms with Crippen molar-refractivity contribution < 1.29 is 33.3 Å². The van der Waals surface area contributed by atoms with Gasteiger partial charge in [0.25, 0.3) is 0 Å². The van der Waals surface area contributed by atoms with E-state index in [4.69, 9.17) is 18.9 Å². The second-order valence-electron chi connectivity index (χ2n) is 4.72. The van der Waals surface area contributed by atoms with Crippen molar-refractivity contribution in [2.24, 2.45) is 0 Å². The van der Waals surface area contributed by atoms with Crippen LogP contribution in [0.4, 0.5) is 0 Å². The first-order chi connectivity index (χ1) is 11.5. The van der Waals surface area contributed by atoms with Gasteiger partial charge in [-0.1, -0.05) is 36.9 Å². The van der Waals surface area contributed by atoms with E-state index in [0.717, 1.165) is 5.56 Å². The second-order valence-corrected chi connectivity index (χ2v) is 4.72. The molecule has 0 unspecified atom stereocenters. The van der Waals surface area contributed by atoms with Crippen LogP contribution in [-0.4, -0.2) is 44.8 Å². The van der Waals surface area contributed by atoms with Gasteiger partial charge in [-0.3, -0.25) is 4.79 Å². The van der Waals surface area contributed by atoms with E-state index >= 15 is 0 Å². The molecule has 1 aromatic rings. The molecule has 0 heterocycles. The first kappa shape index (κ1) is 19.4. The van der Waals surface area contributed by atoms with E-state index in [1.807, 2.05) is 18.2 Å². The number of rotatable bonds is 10. The summed E-state index contributed by atoms with van der Waals surface area (Å²) in [7, 11) is 1.47. The third kappa shape index (κ3) is 8.09. The van der Waals surface area contributed by atoms with Crippen LogP contribution in [0.5, 0.6) is 0 Å². The summed E-state index contributed by atoms with van der Waals surface area (Å²) in [6, 6.07) is 9.09. The molecular formula is C17H20O7. The average Bonchev–Trinajstić information content (AvgIpc) is 2.58. The highest BCUT2D eigenvalue weighted by Crippen LogP contribution is 2.04. The van der Waals surface area contributed by atoms with Crippen molar-refractivity contribution in [3.63, 3.8) is 0 Å². The van der Waals surface area contributed by atoms with Gasteiger partial charge in [-0.25, -0.2) is 9.59 Å². The number of carbonyl (C=O) groups excluding carboxylic acids is 3. The summed E-state index contributed by atoms with van der Waals surface area (Å²) < 4.78 is 19.2. The number of esters is 3. The van der Waals surface area contributed by atoms with E-state index in [9.17, 15) is 14.4 Å². The molecule has 0 atom stereocenters. The molecule has 1 rings (SSSR count). The monoisotopic (exact) mass is 336 g/mol. The molecule has 0 aliphatic carbocycles. The lowest BCUT2D eigenvalue weighted by atomic mass is 10.2. The predicted molar refractivity (Wildman–Crippen MR) is 83.8 cm³/mol. The van der Waals surface area contributed by atoms with E-state index in [2.05, 4.69) is 6.58 Å². The molecule has 0 aliphatic heterocycles. The number of benzene rings is 1. The summed E-state index contributed by atoms with van der Waals surface area (Å²) in [6.45, 7) is 3.32. The first-order valence-corrected chi connectivity index (χ1v) is 7.22. The van der Waals surface area contributed by atoms with Crippen LogP contribution in [0.2, 0.25) is 0 Å². The Morgan fingerprint density at radius 3 is 2.33 bits per heavy atom. The zero-order valence-electron chi connectivity index (χ0n) is 13.5. The van der Waals surface area contributed by atoms with Crippen molar-refractivity contribution in [3.8, 4) is 0 Å². The number of hydrogen-bond acceptors (Lipinski definition) is 7. The van der Waals surface area contributed by atoms with Gasteiger partial charge in [-0.15, -0.1) is 0 Å².